The van der Waals surface area contributed by atoms with E-state index in [0.29, 0.717) is 15.9 Å². The van der Waals surface area contributed by atoms with Crippen LogP contribution in [0.1, 0.15) is 25.8 Å². The SMILES string of the molecule is CC(C)(CCCl)c1ccc(Cl)cc1Cl. The van der Waals surface area contributed by atoms with Crippen LogP contribution in [0.3, 0.4) is 0 Å². The summed E-state index contributed by atoms with van der Waals surface area (Å²) in [5.41, 5.74) is 1.10. The first-order valence-electron chi connectivity index (χ1n) is 4.49. The van der Waals surface area contributed by atoms with Gasteiger partial charge in [-0.25, -0.2) is 0 Å². The van der Waals surface area contributed by atoms with E-state index in [-0.39, 0.29) is 5.41 Å². The van der Waals surface area contributed by atoms with Crippen molar-refractivity contribution in [3.63, 3.8) is 0 Å². The molecule has 0 saturated heterocycles. The van der Waals surface area contributed by atoms with Crippen LogP contribution in [-0.2, 0) is 5.41 Å². The van der Waals surface area contributed by atoms with E-state index >= 15 is 0 Å². The van der Waals surface area contributed by atoms with E-state index in [9.17, 15) is 0 Å². The van der Waals surface area contributed by atoms with Crippen LogP contribution >= 0.6 is 34.8 Å². The molecule has 0 aliphatic rings. The summed E-state index contributed by atoms with van der Waals surface area (Å²) in [6, 6.07) is 5.60. The van der Waals surface area contributed by atoms with E-state index in [0.717, 1.165) is 12.0 Å². The fraction of sp³-hybridized carbons (Fsp3) is 0.455. The van der Waals surface area contributed by atoms with Crippen molar-refractivity contribution >= 4 is 34.8 Å². The van der Waals surface area contributed by atoms with Crippen molar-refractivity contribution < 1.29 is 0 Å². The Kier molecular flexibility index (Phi) is 4.12. The van der Waals surface area contributed by atoms with Crippen LogP contribution in [0.5, 0.6) is 0 Å². The maximum absolute atomic E-state index is 6.12. The van der Waals surface area contributed by atoms with Gasteiger partial charge in [0.25, 0.3) is 0 Å². The molecule has 0 aliphatic carbocycles. The standard InChI is InChI=1S/C11H13Cl3/c1-11(2,5-6-12)9-4-3-8(13)7-10(9)14/h3-4,7H,5-6H2,1-2H3. The minimum Gasteiger partial charge on any atom is -0.127 e. The summed E-state index contributed by atoms with van der Waals surface area (Å²) in [5.74, 6) is 0.631. The smallest absolute Gasteiger partial charge is 0.0458 e. The van der Waals surface area contributed by atoms with Crippen LogP contribution in [-0.4, -0.2) is 5.88 Å². The molecule has 1 rings (SSSR count). The van der Waals surface area contributed by atoms with Crippen molar-refractivity contribution in [3.8, 4) is 0 Å². The van der Waals surface area contributed by atoms with Crippen molar-refractivity contribution in [2.24, 2.45) is 0 Å². The number of hydrogen-bond donors (Lipinski definition) is 0. The van der Waals surface area contributed by atoms with Crippen LogP contribution in [0.25, 0.3) is 0 Å². The zero-order chi connectivity index (χ0) is 10.8. The summed E-state index contributed by atoms with van der Waals surface area (Å²) in [6.07, 6.45) is 0.899. The summed E-state index contributed by atoms with van der Waals surface area (Å²) < 4.78 is 0. The van der Waals surface area contributed by atoms with Gasteiger partial charge >= 0.3 is 0 Å². The summed E-state index contributed by atoms with van der Waals surface area (Å²) in [7, 11) is 0. The average molecular weight is 252 g/mol. The van der Waals surface area contributed by atoms with Crippen molar-refractivity contribution in [2.45, 2.75) is 25.7 Å². The van der Waals surface area contributed by atoms with Gasteiger partial charge in [0, 0.05) is 15.9 Å². The van der Waals surface area contributed by atoms with E-state index in [1.807, 2.05) is 12.1 Å². The first-order valence-corrected chi connectivity index (χ1v) is 5.78. The lowest BCUT2D eigenvalue weighted by Crippen LogP contribution is -2.18. The molecule has 0 unspecified atom stereocenters. The monoisotopic (exact) mass is 250 g/mol. The van der Waals surface area contributed by atoms with Crippen LogP contribution in [0, 0.1) is 0 Å². The van der Waals surface area contributed by atoms with Gasteiger partial charge in [0.1, 0.15) is 0 Å². The Labute approximate surface area is 100 Å². The van der Waals surface area contributed by atoms with Gasteiger partial charge in [0.15, 0.2) is 0 Å². The number of benzene rings is 1. The van der Waals surface area contributed by atoms with Gasteiger partial charge in [-0.05, 0) is 29.5 Å². The third-order valence-electron chi connectivity index (χ3n) is 2.38. The molecule has 3 heteroatoms. The van der Waals surface area contributed by atoms with Crippen LogP contribution in [0.4, 0.5) is 0 Å². The topological polar surface area (TPSA) is 0 Å². The van der Waals surface area contributed by atoms with Gasteiger partial charge in [0.2, 0.25) is 0 Å². The Hall–Kier alpha value is 0.0900. The molecule has 1 aromatic rings. The largest absolute Gasteiger partial charge is 0.127 e. The molecule has 0 radical (unpaired) electrons. The molecule has 78 valence electrons. The van der Waals surface area contributed by atoms with Gasteiger partial charge in [-0.15, -0.1) is 11.6 Å². The fourth-order valence-electron chi connectivity index (χ4n) is 1.41. The van der Waals surface area contributed by atoms with E-state index in [1.54, 1.807) is 6.07 Å². The number of rotatable bonds is 3. The Morgan fingerprint density at radius 3 is 2.36 bits per heavy atom. The zero-order valence-electron chi connectivity index (χ0n) is 8.28. The number of halogens is 3. The molecule has 14 heavy (non-hydrogen) atoms. The molecule has 0 saturated carbocycles. The molecular formula is C11H13Cl3. The first-order chi connectivity index (χ1) is 6.47. The molecule has 0 atom stereocenters. The molecule has 0 heterocycles. The highest BCUT2D eigenvalue weighted by molar-refractivity contribution is 6.35. The summed E-state index contributed by atoms with van der Waals surface area (Å²) >= 11 is 17.7. The van der Waals surface area contributed by atoms with E-state index in [1.165, 1.54) is 0 Å². The first kappa shape index (κ1) is 12.2. The van der Waals surface area contributed by atoms with Crippen LogP contribution in [0.2, 0.25) is 10.0 Å². The van der Waals surface area contributed by atoms with E-state index < -0.39 is 0 Å². The highest BCUT2D eigenvalue weighted by Crippen LogP contribution is 2.34. The average Bonchev–Trinajstić information content (AvgIpc) is 2.02. The normalized spacial score (nSPS) is 11.8. The second kappa shape index (κ2) is 4.74. The molecule has 0 spiro atoms. The van der Waals surface area contributed by atoms with Gasteiger partial charge in [-0.3, -0.25) is 0 Å². The Balaban J connectivity index is 3.06. The molecule has 0 aromatic heterocycles. The van der Waals surface area contributed by atoms with Gasteiger partial charge in [-0.2, -0.15) is 0 Å². The third-order valence-corrected chi connectivity index (χ3v) is 3.12. The fourth-order valence-corrected chi connectivity index (χ4v) is 2.55. The molecule has 0 N–H and O–H groups in total. The summed E-state index contributed by atoms with van der Waals surface area (Å²) in [6.45, 7) is 4.26. The molecule has 0 aliphatic heterocycles. The Bertz CT molecular complexity index is 318. The molecule has 0 nitrogen and oxygen atoms in total. The van der Waals surface area contributed by atoms with Crippen molar-refractivity contribution in [1.29, 1.82) is 0 Å². The lowest BCUT2D eigenvalue weighted by atomic mass is 9.82. The van der Waals surface area contributed by atoms with Crippen LogP contribution in [0.15, 0.2) is 18.2 Å². The number of hydrogen-bond acceptors (Lipinski definition) is 0. The van der Waals surface area contributed by atoms with E-state index in [2.05, 4.69) is 13.8 Å². The maximum Gasteiger partial charge on any atom is 0.0458 e. The lowest BCUT2D eigenvalue weighted by Gasteiger charge is -2.25. The van der Waals surface area contributed by atoms with E-state index in [4.69, 9.17) is 34.8 Å². The van der Waals surface area contributed by atoms with Crippen molar-refractivity contribution in [1.82, 2.24) is 0 Å². The molecule has 0 bridgehead atoms. The quantitative estimate of drug-likeness (QED) is 0.670. The molecule has 0 amide bonds. The minimum atomic E-state index is 0.00340. The van der Waals surface area contributed by atoms with Gasteiger partial charge in [0.05, 0.1) is 0 Å². The van der Waals surface area contributed by atoms with Crippen molar-refractivity contribution in [2.75, 3.05) is 5.88 Å². The highest BCUT2D eigenvalue weighted by atomic mass is 35.5. The molecular weight excluding hydrogens is 238 g/mol. The van der Waals surface area contributed by atoms with Crippen molar-refractivity contribution in [3.05, 3.63) is 33.8 Å². The maximum atomic E-state index is 6.12. The second-order valence-corrected chi connectivity index (χ2v) is 5.17. The summed E-state index contributed by atoms with van der Waals surface area (Å²) in [5, 5.41) is 1.38. The number of alkyl halides is 1. The predicted molar refractivity (Wildman–Crippen MR) is 64.8 cm³/mol. The van der Waals surface area contributed by atoms with Crippen LogP contribution < -0.4 is 0 Å². The Morgan fingerprint density at radius 2 is 1.86 bits per heavy atom. The third kappa shape index (κ3) is 2.79. The minimum absolute atomic E-state index is 0.00340. The lowest BCUT2D eigenvalue weighted by molar-refractivity contribution is 0.509. The van der Waals surface area contributed by atoms with Gasteiger partial charge < -0.3 is 0 Å². The molecule has 0 fully saturated rings. The second-order valence-electron chi connectivity index (χ2n) is 3.95. The predicted octanol–water partition coefficient (Wildman–Crippen LogP) is 4.90. The Morgan fingerprint density at radius 1 is 1.21 bits per heavy atom. The highest BCUT2D eigenvalue weighted by Gasteiger charge is 2.22. The summed E-state index contributed by atoms with van der Waals surface area (Å²) in [4.78, 5) is 0. The zero-order valence-corrected chi connectivity index (χ0v) is 10.5. The van der Waals surface area contributed by atoms with Gasteiger partial charge in [-0.1, -0.05) is 43.1 Å². The molecule has 1 aromatic carbocycles.